The highest BCUT2D eigenvalue weighted by molar-refractivity contribution is 9.10. The summed E-state index contributed by atoms with van der Waals surface area (Å²) in [6.07, 6.45) is 0. The van der Waals surface area contributed by atoms with Crippen LogP contribution in [0.2, 0.25) is 5.02 Å². The van der Waals surface area contributed by atoms with Gasteiger partial charge in [-0.05, 0) is 52.8 Å². The van der Waals surface area contributed by atoms with Crippen LogP contribution in [0, 0.1) is 0 Å². The summed E-state index contributed by atoms with van der Waals surface area (Å²) < 4.78 is 7.71. The highest BCUT2D eigenvalue weighted by atomic mass is 79.9. The maximum Gasteiger partial charge on any atom is 0.134 e. The van der Waals surface area contributed by atoms with Crippen molar-refractivity contribution in [3.05, 3.63) is 61.5 Å². The largest absolute Gasteiger partial charge is 0.488 e. The number of ether oxygens (including phenoxy) is 1. The van der Waals surface area contributed by atoms with Crippen LogP contribution in [0.5, 0.6) is 5.75 Å². The van der Waals surface area contributed by atoms with E-state index in [1.807, 2.05) is 25.2 Å². The number of hydrogen-bond acceptors (Lipinski definition) is 2. The van der Waals surface area contributed by atoms with Crippen molar-refractivity contribution in [3.63, 3.8) is 0 Å². The predicted molar refractivity (Wildman–Crippen MR) is 90.4 cm³/mol. The first-order chi connectivity index (χ1) is 9.60. The molecule has 0 heterocycles. The van der Waals surface area contributed by atoms with Crippen molar-refractivity contribution < 1.29 is 4.74 Å². The quantitative estimate of drug-likeness (QED) is 0.723. The summed E-state index contributed by atoms with van der Waals surface area (Å²) in [4.78, 5) is 0. The van der Waals surface area contributed by atoms with Crippen LogP contribution >= 0.6 is 43.5 Å². The molecular weight excluding hydrogens is 405 g/mol. The van der Waals surface area contributed by atoms with Crippen molar-refractivity contribution in [1.29, 1.82) is 0 Å². The number of nitrogens with one attached hydrogen (secondary N) is 1. The second kappa shape index (κ2) is 7.46. The van der Waals surface area contributed by atoms with Crippen LogP contribution in [0.1, 0.15) is 11.1 Å². The maximum absolute atomic E-state index is 5.91. The molecule has 0 spiro atoms. The Bertz CT molecular complexity index is 604. The smallest absolute Gasteiger partial charge is 0.134 e. The van der Waals surface area contributed by atoms with Crippen molar-refractivity contribution in [2.75, 3.05) is 7.05 Å². The van der Waals surface area contributed by atoms with E-state index in [4.69, 9.17) is 16.3 Å². The first-order valence-electron chi connectivity index (χ1n) is 6.10. The average Bonchev–Trinajstić information content (AvgIpc) is 2.40. The Morgan fingerprint density at radius 1 is 1.10 bits per heavy atom. The molecular formula is C15H14Br2ClNO. The molecule has 0 radical (unpaired) electrons. The lowest BCUT2D eigenvalue weighted by molar-refractivity contribution is 0.303. The van der Waals surface area contributed by atoms with Crippen LogP contribution in [0.25, 0.3) is 0 Å². The molecule has 1 N–H and O–H groups in total. The van der Waals surface area contributed by atoms with Gasteiger partial charge in [-0.15, -0.1) is 0 Å². The van der Waals surface area contributed by atoms with Crippen molar-refractivity contribution in [3.8, 4) is 5.75 Å². The number of hydrogen-bond donors (Lipinski definition) is 1. The lowest BCUT2D eigenvalue weighted by atomic mass is 10.1. The Labute approximate surface area is 140 Å². The highest BCUT2D eigenvalue weighted by Crippen LogP contribution is 2.29. The third kappa shape index (κ3) is 4.22. The Morgan fingerprint density at radius 3 is 2.55 bits per heavy atom. The molecule has 0 saturated carbocycles. The molecule has 0 bridgehead atoms. The first-order valence-corrected chi connectivity index (χ1v) is 8.06. The summed E-state index contributed by atoms with van der Waals surface area (Å²) in [7, 11) is 1.93. The van der Waals surface area contributed by atoms with Gasteiger partial charge in [0.05, 0.1) is 4.47 Å². The van der Waals surface area contributed by atoms with Gasteiger partial charge in [-0.25, -0.2) is 0 Å². The zero-order valence-corrected chi connectivity index (χ0v) is 14.8. The Kier molecular flexibility index (Phi) is 5.90. The minimum absolute atomic E-state index is 0.501. The molecule has 0 saturated heterocycles. The van der Waals surface area contributed by atoms with E-state index in [1.165, 1.54) is 5.56 Å². The molecule has 2 rings (SSSR count). The van der Waals surface area contributed by atoms with Gasteiger partial charge in [-0.2, -0.15) is 0 Å². The number of rotatable bonds is 5. The van der Waals surface area contributed by atoms with E-state index in [1.54, 1.807) is 0 Å². The molecule has 0 unspecified atom stereocenters. The number of benzene rings is 2. The van der Waals surface area contributed by atoms with Gasteiger partial charge in [0.25, 0.3) is 0 Å². The molecule has 2 aromatic carbocycles. The van der Waals surface area contributed by atoms with Crippen LogP contribution in [0.3, 0.4) is 0 Å². The minimum Gasteiger partial charge on any atom is -0.488 e. The van der Waals surface area contributed by atoms with Crippen molar-refractivity contribution in [2.45, 2.75) is 13.2 Å². The summed E-state index contributed by atoms with van der Waals surface area (Å²) in [6.45, 7) is 1.35. The van der Waals surface area contributed by atoms with Gasteiger partial charge in [0, 0.05) is 21.6 Å². The van der Waals surface area contributed by atoms with E-state index in [9.17, 15) is 0 Å². The van der Waals surface area contributed by atoms with E-state index in [0.29, 0.717) is 11.6 Å². The second-order valence-corrected chi connectivity index (χ2v) is 6.46. The molecule has 0 aromatic heterocycles. The number of halogens is 3. The van der Waals surface area contributed by atoms with Crippen LogP contribution < -0.4 is 10.1 Å². The summed E-state index contributed by atoms with van der Waals surface area (Å²) >= 11 is 12.9. The normalized spacial score (nSPS) is 10.6. The molecule has 0 aliphatic heterocycles. The molecule has 0 fully saturated rings. The molecule has 2 aromatic rings. The van der Waals surface area contributed by atoms with Gasteiger partial charge in [0.15, 0.2) is 0 Å². The van der Waals surface area contributed by atoms with E-state index >= 15 is 0 Å². The Morgan fingerprint density at radius 2 is 1.90 bits per heavy atom. The molecule has 106 valence electrons. The van der Waals surface area contributed by atoms with Crippen LogP contribution in [-0.4, -0.2) is 7.05 Å². The SMILES string of the molecule is CNCc1ccc(COc2ccc(Cl)cc2Br)c(Br)c1. The summed E-state index contributed by atoms with van der Waals surface area (Å²) in [6, 6.07) is 11.8. The summed E-state index contributed by atoms with van der Waals surface area (Å²) in [5.74, 6) is 0.778. The summed E-state index contributed by atoms with van der Waals surface area (Å²) in [5, 5.41) is 3.81. The molecule has 20 heavy (non-hydrogen) atoms. The zero-order chi connectivity index (χ0) is 14.5. The standard InChI is InChI=1S/C15H14Br2ClNO/c1-19-8-10-2-3-11(13(16)6-10)9-20-15-5-4-12(18)7-14(15)17/h2-7,19H,8-9H2,1H3. The fourth-order valence-electron chi connectivity index (χ4n) is 1.77. The zero-order valence-electron chi connectivity index (χ0n) is 10.9. The Balaban J connectivity index is 2.07. The van der Waals surface area contributed by atoms with Gasteiger partial charge in [0.2, 0.25) is 0 Å². The van der Waals surface area contributed by atoms with Gasteiger partial charge >= 0.3 is 0 Å². The van der Waals surface area contributed by atoms with E-state index in [2.05, 4.69) is 55.4 Å². The molecule has 2 nitrogen and oxygen atoms in total. The molecule has 0 amide bonds. The fourth-order valence-corrected chi connectivity index (χ4v) is 3.11. The molecule has 0 atom stereocenters. The van der Waals surface area contributed by atoms with Crippen molar-refractivity contribution >= 4 is 43.5 Å². The lowest BCUT2D eigenvalue weighted by Crippen LogP contribution is -2.05. The third-order valence-corrected chi connectivity index (χ3v) is 4.37. The molecule has 0 aliphatic rings. The minimum atomic E-state index is 0.501. The van der Waals surface area contributed by atoms with Crippen molar-refractivity contribution in [1.82, 2.24) is 5.32 Å². The third-order valence-electron chi connectivity index (χ3n) is 2.78. The molecule has 5 heteroatoms. The van der Waals surface area contributed by atoms with Gasteiger partial charge in [-0.3, -0.25) is 0 Å². The van der Waals surface area contributed by atoms with Crippen LogP contribution in [0.15, 0.2) is 45.3 Å². The Hall–Kier alpha value is -0.550. The van der Waals surface area contributed by atoms with E-state index in [0.717, 1.165) is 26.8 Å². The van der Waals surface area contributed by atoms with E-state index in [-0.39, 0.29) is 0 Å². The topological polar surface area (TPSA) is 21.3 Å². The van der Waals surface area contributed by atoms with Crippen LogP contribution in [0.4, 0.5) is 0 Å². The average molecular weight is 420 g/mol. The van der Waals surface area contributed by atoms with Crippen molar-refractivity contribution in [2.24, 2.45) is 0 Å². The predicted octanol–water partition coefficient (Wildman–Crippen LogP) is 5.16. The second-order valence-electron chi connectivity index (χ2n) is 4.32. The maximum atomic E-state index is 5.91. The van der Waals surface area contributed by atoms with E-state index < -0.39 is 0 Å². The van der Waals surface area contributed by atoms with Gasteiger partial charge in [0.1, 0.15) is 12.4 Å². The lowest BCUT2D eigenvalue weighted by Gasteiger charge is -2.11. The first kappa shape index (κ1) is 15.8. The van der Waals surface area contributed by atoms with Gasteiger partial charge < -0.3 is 10.1 Å². The summed E-state index contributed by atoms with van der Waals surface area (Å²) in [5.41, 5.74) is 2.34. The van der Waals surface area contributed by atoms with Gasteiger partial charge in [-0.1, -0.05) is 39.7 Å². The van der Waals surface area contributed by atoms with Crippen LogP contribution in [-0.2, 0) is 13.2 Å². The highest BCUT2D eigenvalue weighted by Gasteiger charge is 2.05. The fraction of sp³-hybridized carbons (Fsp3) is 0.200. The monoisotopic (exact) mass is 417 g/mol. The molecule has 0 aliphatic carbocycles.